The van der Waals surface area contributed by atoms with Gasteiger partial charge in [-0.1, -0.05) is 36.8 Å². The van der Waals surface area contributed by atoms with Crippen molar-refractivity contribution in [1.82, 2.24) is 10.2 Å². The molecule has 25 heavy (non-hydrogen) atoms. The van der Waals surface area contributed by atoms with Gasteiger partial charge in [0, 0.05) is 25.7 Å². The van der Waals surface area contributed by atoms with Crippen LogP contribution in [0.15, 0.2) is 30.3 Å². The van der Waals surface area contributed by atoms with Crippen LogP contribution < -0.4 is 5.32 Å². The number of nitrogens with zero attached hydrogens (tertiary/aromatic N) is 1. The molecule has 1 aliphatic carbocycles. The first-order chi connectivity index (χ1) is 11.9. The van der Waals surface area contributed by atoms with Gasteiger partial charge in [0.25, 0.3) is 0 Å². The Balaban J connectivity index is 1.62. The Bertz CT molecular complexity index is 563. The molecule has 1 N–H and O–H groups in total. The third-order valence-corrected chi connectivity index (χ3v) is 5.34. The number of rotatable bonds is 5. The minimum Gasteiger partial charge on any atom is -0.444 e. The lowest BCUT2D eigenvalue weighted by Crippen LogP contribution is -2.40. The first-order valence-corrected chi connectivity index (χ1v) is 9.66. The lowest BCUT2D eigenvalue weighted by molar-refractivity contribution is 0.0283. The van der Waals surface area contributed by atoms with Gasteiger partial charge >= 0.3 is 6.09 Å². The molecule has 1 aliphatic heterocycles. The van der Waals surface area contributed by atoms with Crippen LogP contribution in [-0.4, -0.2) is 42.3 Å². The number of amides is 1. The Labute approximate surface area is 151 Å². The minimum absolute atomic E-state index is 0.170. The molecular weight excluding hydrogens is 312 g/mol. The van der Waals surface area contributed by atoms with Gasteiger partial charge in [-0.05, 0) is 57.4 Å². The third-order valence-electron chi connectivity index (χ3n) is 5.34. The highest BCUT2D eigenvalue weighted by Gasteiger charge is 2.37. The summed E-state index contributed by atoms with van der Waals surface area (Å²) in [5, 5.41) is 3.71. The molecule has 3 rings (SSSR count). The maximum Gasteiger partial charge on any atom is 0.410 e. The van der Waals surface area contributed by atoms with Crippen LogP contribution in [0.2, 0.25) is 0 Å². The Kier molecular flexibility index (Phi) is 5.67. The van der Waals surface area contributed by atoms with Crippen LogP contribution >= 0.6 is 0 Å². The summed E-state index contributed by atoms with van der Waals surface area (Å²) in [6.07, 6.45) is 4.80. The van der Waals surface area contributed by atoms with Gasteiger partial charge in [0.2, 0.25) is 0 Å². The van der Waals surface area contributed by atoms with E-state index in [1.165, 1.54) is 24.8 Å². The molecule has 4 nitrogen and oxygen atoms in total. The highest BCUT2D eigenvalue weighted by Crippen LogP contribution is 2.29. The summed E-state index contributed by atoms with van der Waals surface area (Å²) in [5.74, 6) is 0.982. The molecule has 1 saturated carbocycles. The van der Waals surface area contributed by atoms with Crippen LogP contribution in [0.25, 0.3) is 0 Å². The van der Waals surface area contributed by atoms with Gasteiger partial charge in [-0.15, -0.1) is 0 Å². The molecule has 2 unspecified atom stereocenters. The summed E-state index contributed by atoms with van der Waals surface area (Å²) >= 11 is 0. The number of ether oxygens (including phenoxy) is 1. The van der Waals surface area contributed by atoms with Crippen LogP contribution in [0.1, 0.15) is 45.6 Å². The molecule has 1 amide bonds. The van der Waals surface area contributed by atoms with Crippen molar-refractivity contribution >= 4 is 6.09 Å². The van der Waals surface area contributed by atoms with E-state index in [2.05, 4.69) is 35.6 Å². The largest absolute Gasteiger partial charge is 0.444 e. The molecule has 1 saturated heterocycles. The fourth-order valence-electron chi connectivity index (χ4n) is 3.72. The van der Waals surface area contributed by atoms with Gasteiger partial charge in [0.15, 0.2) is 0 Å². The molecule has 2 atom stereocenters. The van der Waals surface area contributed by atoms with E-state index in [4.69, 9.17) is 4.74 Å². The summed E-state index contributed by atoms with van der Waals surface area (Å²) in [7, 11) is 0. The van der Waals surface area contributed by atoms with Gasteiger partial charge in [0.1, 0.15) is 5.60 Å². The van der Waals surface area contributed by atoms with E-state index in [0.717, 1.165) is 26.1 Å². The molecule has 0 spiro atoms. The van der Waals surface area contributed by atoms with Crippen molar-refractivity contribution in [3.05, 3.63) is 35.9 Å². The fraction of sp³-hybridized carbons (Fsp3) is 0.667. The van der Waals surface area contributed by atoms with Crippen molar-refractivity contribution in [3.63, 3.8) is 0 Å². The van der Waals surface area contributed by atoms with Gasteiger partial charge in [-0.3, -0.25) is 0 Å². The second-order valence-corrected chi connectivity index (χ2v) is 8.63. The molecular formula is C21H32N2O2. The Morgan fingerprint density at radius 2 is 1.84 bits per heavy atom. The summed E-state index contributed by atoms with van der Waals surface area (Å²) in [4.78, 5) is 14.4. The van der Waals surface area contributed by atoms with E-state index in [1.54, 1.807) is 0 Å². The Morgan fingerprint density at radius 3 is 2.44 bits per heavy atom. The van der Waals surface area contributed by atoms with Gasteiger partial charge in [0.05, 0.1) is 0 Å². The van der Waals surface area contributed by atoms with Gasteiger partial charge in [-0.2, -0.15) is 0 Å². The molecule has 0 aromatic heterocycles. The third kappa shape index (κ3) is 5.21. The SMILES string of the molecule is CC(C)(C)OC(=O)N1CC(CNC2CCC2)C(Cc2ccccc2)C1. The van der Waals surface area contributed by atoms with Crippen molar-refractivity contribution in [3.8, 4) is 0 Å². The van der Waals surface area contributed by atoms with Crippen molar-refractivity contribution in [2.45, 2.75) is 58.1 Å². The van der Waals surface area contributed by atoms with Crippen LogP contribution in [0.4, 0.5) is 4.79 Å². The molecule has 1 heterocycles. The number of nitrogens with one attached hydrogen (secondary N) is 1. The first-order valence-electron chi connectivity index (χ1n) is 9.66. The van der Waals surface area contributed by atoms with Crippen LogP contribution in [0.3, 0.4) is 0 Å². The normalized spacial score (nSPS) is 24.2. The van der Waals surface area contributed by atoms with Gasteiger partial charge < -0.3 is 15.0 Å². The lowest BCUT2D eigenvalue weighted by Gasteiger charge is -2.29. The van der Waals surface area contributed by atoms with Crippen molar-refractivity contribution in [2.75, 3.05) is 19.6 Å². The topological polar surface area (TPSA) is 41.6 Å². The molecule has 138 valence electrons. The van der Waals surface area contributed by atoms with E-state index in [1.807, 2.05) is 25.7 Å². The molecule has 2 aliphatic rings. The highest BCUT2D eigenvalue weighted by molar-refractivity contribution is 5.68. The van der Waals surface area contributed by atoms with Crippen LogP contribution in [0, 0.1) is 11.8 Å². The lowest BCUT2D eigenvalue weighted by atomic mass is 9.88. The zero-order valence-electron chi connectivity index (χ0n) is 15.8. The quantitative estimate of drug-likeness (QED) is 0.882. The summed E-state index contributed by atoms with van der Waals surface area (Å²) < 4.78 is 5.59. The molecule has 0 bridgehead atoms. The first kappa shape index (κ1) is 18.2. The zero-order chi connectivity index (χ0) is 17.9. The van der Waals surface area contributed by atoms with Crippen molar-refractivity contribution in [1.29, 1.82) is 0 Å². The predicted molar refractivity (Wildman–Crippen MR) is 101 cm³/mol. The number of likely N-dealkylation sites (tertiary alicyclic amines) is 1. The minimum atomic E-state index is -0.436. The number of carbonyl (C=O) groups is 1. The van der Waals surface area contributed by atoms with E-state index < -0.39 is 5.60 Å². The van der Waals surface area contributed by atoms with E-state index in [-0.39, 0.29) is 6.09 Å². The number of benzene rings is 1. The second-order valence-electron chi connectivity index (χ2n) is 8.63. The maximum absolute atomic E-state index is 12.5. The number of carbonyl (C=O) groups excluding carboxylic acids is 1. The molecule has 0 radical (unpaired) electrons. The van der Waals surface area contributed by atoms with Crippen LogP contribution in [0.5, 0.6) is 0 Å². The summed E-state index contributed by atoms with van der Waals surface area (Å²) in [5.41, 5.74) is 0.918. The van der Waals surface area contributed by atoms with Crippen molar-refractivity contribution < 1.29 is 9.53 Å². The maximum atomic E-state index is 12.5. The van der Waals surface area contributed by atoms with Crippen molar-refractivity contribution in [2.24, 2.45) is 11.8 Å². The van der Waals surface area contributed by atoms with E-state index in [0.29, 0.717) is 17.9 Å². The zero-order valence-corrected chi connectivity index (χ0v) is 15.8. The molecule has 2 fully saturated rings. The monoisotopic (exact) mass is 344 g/mol. The second kappa shape index (κ2) is 7.77. The summed E-state index contributed by atoms with van der Waals surface area (Å²) in [6, 6.07) is 11.3. The summed E-state index contributed by atoms with van der Waals surface area (Å²) in [6.45, 7) is 8.38. The highest BCUT2D eigenvalue weighted by atomic mass is 16.6. The number of hydrogen-bond acceptors (Lipinski definition) is 3. The fourth-order valence-corrected chi connectivity index (χ4v) is 3.72. The predicted octanol–water partition coefficient (Wildman–Crippen LogP) is 3.85. The molecule has 1 aromatic rings. The van der Waals surface area contributed by atoms with E-state index >= 15 is 0 Å². The molecule has 4 heteroatoms. The van der Waals surface area contributed by atoms with E-state index in [9.17, 15) is 4.79 Å². The smallest absolute Gasteiger partial charge is 0.410 e. The Morgan fingerprint density at radius 1 is 1.16 bits per heavy atom. The standard InChI is InChI=1S/C21H32N2O2/c1-21(2,3)25-20(24)23-14-17(12-16-8-5-4-6-9-16)18(15-23)13-22-19-10-7-11-19/h4-6,8-9,17-19,22H,7,10-15H2,1-3H3. The molecule has 1 aromatic carbocycles. The van der Waals surface area contributed by atoms with Crippen LogP contribution in [-0.2, 0) is 11.2 Å². The average Bonchev–Trinajstić information content (AvgIpc) is 2.88. The number of hydrogen-bond donors (Lipinski definition) is 1. The van der Waals surface area contributed by atoms with Gasteiger partial charge in [-0.25, -0.2) is 4.79 Å². The Hall–Kier alpha value is -1.55. The average molecular weight is 344 g/mol.